The summed E-state index contributed by atoms with van der Waals surface area (Å²) in [6.45, 7) is 4.28. The Hall–Kier alpha value is 0.440. The van der Waals surface area contributed by atoms with E-state index in [4.69, 9.17) is 0 Å². The summed E-state index contributed by atoms with van der Waals surface area (Å²) in [7, 11) is 0. The normalized spacial score (nSPS) is 9.00. The zero-order chi connectivity index (χ0) is 6.57. The number of thioether (sulfide) groups is 2. The van der Waals surface area contributed by atoms with E-state index in [0.717, 1.165) is 0 Å². The molecule has 0 atom stereocenters. The quantitative estimate of drug-likeness (QED) is 0.590. The third-order valence-corrected chi connectivity index (χ3v) is 3.34. The van der Waals surface area contributed by atoms with Crippen molar-refractivity contribution in [2.45, 2.75) is 13.8 Å². The second-order valence-electron chi connectivity index (χ2n) is 1.70. The molecular weight excluding hydrogens is 136 g/mol. The molecule has 0 aromatic carbocycles. The average Bonchev–Trinajstić information content (AvgIpc) is 1.69. The van der Waals surface area contributed by atoms with Crippen molar-refractivity contribution in [1.29, 1.82) is 0 Å². The zero-order valence-corrected chi connectivity index (χ0v) is 7.45. The molecule has 0 saturated carbocycles. The van der Waals surface area contributed by atoms with E-state index in [2.05, 4.69) is 26.4 Å². The van der Waals surface area contributed by atoms with E-state index in [0.29, 0.717) is 0 Å². The van der Waals surface area contributed by atoms with E-state index < -0.39 is 0 Å². The van der Waals surface area contributed by atoms with Crippen LogP contribution in [0.2, 0.25) is 0 Å². The standard InChI is InChI=1S/C6H12S2/c1-5(2)6(7-3)8-4/h1-4H3. The van der Waals surface area contributed by atoms with Gasteiger partial charge in [0.15, 0.2) is 0 Å². The molecule has 0 heterocycles. The molecule has 0 unspecified atom stereocenters. The summed E-state index contributed by atoms with van der Waals surface area (Å²) in [4.78, 5) is 0. The van der Waals surface area contributed by atoms with Crippen molar-refractivity contribution < 1.29 is 0 Å². The molecule has 2 heteroatoms. The van der Waals surface area contributed by atoms with E-state index in [1.165, 1.54) is 9.81 Å². The van der Waals surface area contributed by atoms with Gasteiger partial charge in [-0.15, -0.1) is 23.5 Å². The van der Waals surface area contributed by atoms with Gasteiger partial charge in [0, 0.05) is 4.24 Å². The van der Waals surface area contributed by atoms with Crippen LogP contribution < -0.4 is 0 Å². The molecule has 0 spiro atoms. The Morgan fingerprint density at radius 3 is 1.38 bits per heavy atom. The van der Waals surface area contributed by atoms with Gasteiger partial charge in [-0.05, 0) is 26.4 Å². The molecule has 8 heavy (non-hydrogen) atoms. The smallest absolute Gasteiger partial charge is 0.0381 e. The molecule has 0 saturated heterocycles. The molecule has 0 amide bonds. The van der Waals surface area contributed by atoms with E-state index in [1.807, 2.05) is 23.5 Å². The second kappa shape index (κ2) is 4.33. The van der Waals surface area contributed by atoms with Crippen molar-refractivity contribution in [1.82, 2.24) is 0 Å². The van der Waals surface area contributed by atoms with Gasteiger partial charge >= 0.3 is 0 Å². The third kappa shape index (κ3) is 2.68. The highest BCUT2D eigenvalue weighted by Crippen LogP contribution is 2.26. The molecule has 0 aromatic rings. The minimum atomic E-state index is 1.42. The van der Waals surface area contributed by atoms with Crippen molar-refractivity contribution >= 4 is 23.5 Å². The van der Waals surface area contributed by atoms with Crippen molar-refractivity contribution in [3.63, 3.8) is 0 Å². The van der Waals surface area contributed by atoms with Crippen molar-refractivity contribution in [3.8, 4) is 0 Å². The zero-order valence-electron chi connectivity index (χ0n) is 5.82. The molecule has 0 rings (SSSR count). The van der Waals surface area contributed by atoms with Gasteiger partial charge in [-0.2, -0.15) is 0 Å². The third-order valence-electron chi connectivity index (χ3n) is 0.779. The van der Waals surface area contributed by atoms with Crippen LogP contribution in [0.4, 0.5) is 0 Å². The minimum Gasteiger partial charge on any atom is -0.123 e. The van der Waals surface area contributed by atoms with Crippen molar-refractivity contribution in [2.24, 2.45) is 0 Å². The molecule has 0 aliphatic rings. The van der Waals surface area contributed by atoms with Crippen LogP contribution >= 0.6 is 23.5 Å². The SMILES string of the molecule is CSC(SC)=C(C)C. The highest BCUT2D eigenvalue weighted by Gasteiger charge is 1.91. The maximum Gasteiger partial charge on any atom is 0.0381 e. The van der Waals surface area contributed by atoms with Crippen LogP contribution in [-0.2, 0) is 0 Å². The summed E-state index contributed by atoms with van der Waals surface area (Å²) >= 11 is 3.64. The Morgan fingerprint density at radius 1 is 1.00 bits per heavy atom. The molecule has 0 radical (unpaired) electrons. The van der Waals surface area contributed by atoms with E-state index in [9.17, 15) is 0 Å². The molecule has 0 aliphatic carbocycles. The summed E-state index contributed by atoms with van der Waals surface area (Å²) in [5.74, 6) is 0. The summed E-state index contributed by atoms with van der Waals surface area (Å²) in [5, 5.41) is 0. The summed E-state index contributed by atoms with van der Waals surface area (Å²) < 4.78 is 1.44. The van der Waals surface area contributed by atoms with Gasteiger partial charge in [-0.25, -0.2) is 0 Å². The molecular formula is C6H12S2. The predicted molar refractivity (Wildman–Crippen MR) is 45.4 cm³/mol. The Morgan fingerprint density at radius 2 is 1.38 bits per heavy atom. The first-order chi connectivity index (χ1) is 3.72. The fourth-order valence-corrected chi connectivity index (χ4v) is 1.97. The van der Waals surface area contributed by atoms with Gasteiger partial charge in [0.05, 0.1) is 0 Å². The Bertz CT molecular complexity index is 84.7. The van der Waals surface area contributed by atoms with Crippen LogP contribution in [-0.4, -0.2) is 12.5 Å². The van der Waals surface area contributed by atoms with Crippen LogP contribution in [0.15, 0.2) is 9.81 Å². The summed E-state index contributed by atoms with van der Waals surface area (Å²) in [6, 6.07) is 0. The molecule has 0 fully saturated rings. The van der Waals surface area contributed by atoms with E-state index in [1.54, 1.807) is 0 Å². The Balaban J connectivity index is 3.86. The number of hydrogen-bond acceptors (Lipinski definition) is 2. The fraction of sp³-hybridized carbons (Fsp3) is 0.667. The maximum absolute atomic E-state index is 2.14. The number of allylic oxidation sites excluding steroid dienone is 1. The summed E-state index contributed by atoms with van der Waals surface area (Å²) in [5.41, 5.74) is 1.42. The van der Waals surface area contributed by atoms with E-state index >= 15 is 0 Å². The minimum absolute atomic E-state index is 1.42. The fourth-order valence-electron chi connectivity index (χ4n) is 0.492. The van der Waals surface area contributed by atoms with Crippen molar-refractivity contribution in [2.75, 3.05) is 12.5 Å². The Labute approximate surface area is 60.1 Å². The lowest BCUT2D eigenvalue weighted by molar-refractivity contribution is 1.41. The van der Waals surface area contributed by atoms with Gasteiger partial charge in [0.2, 0.25) is 0 Å². The first kappa shape index (κ1) is 8.44. The van der Waals surface area contributed by atoms with Crippen LogP contribution in [0.3, 0.4) is 0 Å². The first-order valence-electron chi connectivity index (χ1n) is 2.47. The average molecular weight is 148 g/mol. The molecule has 0 bridgehead atoms. The van der Waals surface area contributed by atoms with Gasteiger partial charge in [-0.3, -0.25) is 0 Å². The van der Waals surface area contributed by atoms with Gasteiger partial charge < -0.3 is 0 Å². The van der Waals surface area contributed by atoms with Crippen LogP contribution in [0, 0.1) is 0 Å². The lowest BCUT2D eigenvalue weighted by atomic mass is 10.4. The highest BCUT2D eigenvalue weighted by molar-refractivity contribution is 8.21. The molecule has 0 nitrogen and oxygen atoms in total. The topological polar surface area (TPSA) is 0 Å². The number of rotatable bonds is 2. The van der Waals surface area contributed by atoms with Gasteiger partial charge in [0.1, 0.15) is 0 Å². The maximum atomic E-state index is 2.14. The lowest BCUT2D eigenvalue weighted by Gasteiger charge is -1.99. The van der Waals surface area contributed by atoms with E-state index in [-0.39, 0.29) is 0 Å². The second-order valence-corrected chi connectivity index (χ2v) is 3.59. The largest absolute Gasteiger partial charge is 0.123 e. The van der Waals surface area contributed by atoms with Gasteiger partial charge in [-0.1, -0.05) is 5.57 Å². The Kier molecular flexibility index (Phi) is 4.57. The summed E-state index contributed by atoms with van der Waals surface area (Å²) in [6.07, 6.45) is 4.22. The molecule has 0 aromatic heterocycles. The first-order valence-corrected chi connectivity index (χ1v) is 4.92. The molecule has 48 valence electrons. The lowest BCUT2D eigenvalue weighted by Crippen LogP contribution is -1.69. The van der Waals surface area contributed by atoms with Crippen LogP contribution in [0.1, 0.15) is 13.8 Å². The highest BCUT2D eigenvalue weighted by atomic mass is 32.2. The molecule has 0 N–H and O–H groups in total. The van der Waals surface area contributed by atoms with Crippen LogP contribution in [0.5, 0.6) is 0 Å². The van der Waals surface area contributed by atoms with Crippen molar-refractivity contribution in [3.05, 3.63) is 9.81 Å². The van der Waals surface area contributed by atoms with Crippen LogP contribution in [0.25, 0.3) is 0 Å². The molecule has 0 aliphatic heterocycles. The number of hydrogen-bond donors (Lipinski definition) is 0. The van der Waals surface area contributed by atoms with Gasteiger partial charge in [0.25, 0.3) is 0 Å². The monoisotopic (exact) mass is 148 g/mol. The predicted octanol–water partition coefficient (Wildman–Crippen LogP) is 2.96.